The summed E-state index contributed by atoms with van der Waals surface area (Å²) in [6.07, 6.45) is -0.939. The van der Waals surface area contributed by atoms with Gasteiger partial charge in [-0.1, -0.05) is 54.1 Å². The van der Waals surface area contributed by atoms with Crippen LogP contribution < -0.4 is 10.6 Å². The number of hydrogen-bond acceptors (Lipinski definition) is 6. The number of rotatable bonds is 8. The molecule has 4 rings (SSSR count). The molecule has 1 heterocycles. The average molecular weight is 483 g/mol. The highest BCUT2D eigenvalue weighted by molar-refractivity contribution is 7.12. The van der Waals surface area contributed by atoms with Gasteiger partial charge in [-0.25, -0.2) is 0 Å². The fourth-order valence-corrected chi connectivity index (χ4v) is 4.10. The zero-order valence-electron chi connectivity index (χ0n) is 19.8. The summed E-state index contributed by atoms with van der Waals surface area (Å²) >= 11 is 1.32. The molecule has 1 atom stereocenters. The normalized spacial score (nSPS) is 11.9. The van der Waals surface area contributed by atoms with E-state index in [0.29, 0.717) is 16.1 Å². The summed E-state index contributed by atoms with van der Waals surface area (Å²) in [4.78, 5) is 26.6. The molecule has 0 aliphatic carbocycles. The number of carbonyl (C=O) groups excluding carboxylic acids is 2. The van der Waals surface area contributed by atoms with Crippen LogP contribution in [0.2, 0.25) is 0 Å². The molecular formula is C28H26N4O2S. The molecule has 0 aliphatic heterocycles. The largest absolute Gasteiger partial charge is 0.359 e. The van der Waals surface area contributed by atoms with Crippen molar-refractivity contribution in [3.8, 4) is 0 Å². The predicted octanol–water partition coefficient (Wildman–Crippen LogP) is 7.14. The second-order valence-electron chi connectivity index (χ2n) is 8.24. The Labute approximate surface area is 208 Å². The maximum atomic E-state index is 13.3. The van der Waals surface area contributed by atoms with Crippen LogP contribution in [0, 0.1) is 20.8 Å². The van der Waals surface area contributed by atoms with Crippen LogP contribution in [0.3, 0.4) is 0 Å². The van der Waals surface area contributed by atoms with Crippen LogP contribution in [0.15, 0.2) is 94.5 Å². The molecule has 7 heteroatoms. The number of aryl methyl sites for hydroxylation is 3. The van der Waals surface area contributed by atoms with Gasteiger partial charge in [0.25, 0.3) is 5.91 Å². The van der Waals surface area contributed by atoms with Gasteiger partial charge >= 0.3 is 0 Å². The van der Waals surface area contributed by atoms with E-state index < -0.39 is 6.17 Å². The highest BCUT2D eigenvalue weighted by Gasteiger charge is 2.23. The van der Waals surface area contributed by atoms with Gasteiger partial charge in [0.15, 0.2) is 6.17 Å². The molecule has 0 saturated heterocycles. The number of anilines is 1. The molecule has 2 N–H and O–H groups in total. The van der Waals surface area contributed by atoms with Crippen molar-refractivity contribution in [2.45, 2.75) is 26.9 Å². The van der Waals surface area contributed by atoms with E-state index in [1.54, 1.807) is 24.3 Å². The first-order valence-corrected chi connectivity index (χ1v) is 12.1. The first kappa shape index (κ1) is 24.0. The minimum absolute atomic E-state index is 0.224. The Balaban J connectivity index is 1.56. The number of carbonyl (C=O) groups is 2. The second-order valence-corrected chi connectivity index (χ2v) is 9.19. The van der Waals surface area contributed by atoms with Gasteiger partial charge in [-0.3, -0.25) is 9.59 Å². The van der Waals surface area contributed by atoms with Gasteiger partial charge < -0.3 is 10.6 Å². The van der Waals surface area contributed by atoms with Crippen LogP contribution in [-0.2, 0) is 0 Å². The van der Waals surface area contributed by atoms with E-state index in [1.807, 2.05) is 80.7 Å². The Morgan fingerprint density at radius 1 is 0.829 bits per heavy atom. The zero-order valence-corrected chi connectivity index (χ0v) is 20.6. The molecule has 3 aromatic carbocycles. The molecule has 0 fully saturated rings. The van der Waals surface area contributed by atoms with E-state index in [0.717, 1.165) is 28.1 Å². The number of nitrogens with one attached hydrogen (secondary N) is 2. The van der Waals surface area contributed by atoms with Gasteiger partial charge in [-0.2, -0.15) is 10.2 Å². The third-order valence-corrected chi connectivity index (χ3v) is 6.39. The number of Topliss-reactive ketones (excluding diaryl/α,β-unsaturated/α-hetero) is 1. The van der Waals surface area contributed by atoms with Crippen LogP contribution in [-0.4, -0.2) is 17.9 Å². The summed E-state index contributed by atoms with van der Waals surface area (Å²) < 4.78 is 0. The van der Waals surface area contributed by atoms with Gasteiger partial charge in [-0.05, 0) is 67.6 Å². The van der Waals surface area contributed by atoms with Crippen molar-refractivity contribution >= 4 is 40.1 Å². The monoisotopic (exact) mass is 482 g/mol. The third-order valence-electron chi connectivity index (χ3n) is 5.52. The molecule has 0 bridgehead atoms. The minimum Gasteiger partial charge on any atom is -0.359 e. The lowest BCUT2D eigenvalue weighted by molar-refractivity contribution is 0.0872. The Morgan fingerprint density at radius 3 is 2.29 bits per heavy atom. The maximum absolute atomic E-state index is 13.3. The highest BCUT2D eigenvalue weighted by atomic mass is 32.1. The molecule has 1 amide bonds. The average Bonchev–Trinajstić information content (AvgIpc) is 3.40. The fourth-order valence-electron chi connectivity index (χ4n) is 3.48. The van der Waals surface area contributed by atoms with Crippen molar-refractivity contribution in [3.05, 3.63) is 111 Å². The van der Waals surface area contributed by atoms with Crippen LogP contribution >= 0.6 is 11.3 Å². The number of thiophene rings is 1. The molecule has 0 unspecified atom stereocenters. The summed E-state index contributed by atoms with van der Waals surface area (Å²) in [6, 6.07) is 24.2. The number of azo groups is 1. The first-order chi connectivity index (χ1) is 16.9. The van der Waals surface area contributed by atoms with Crippen molar-refractivity contribution in [1.82, 2.24) is 5.32 Å². The van der Waals surface area contributed by atoms with Gasteiger partial charge in [0.1, 0.15) is 0 Å². The van der Waals surface area contributed by atoms with E-state index in [1.165, 1.54) is 11.3 Å². The van der Waals surface area contributed by atoms with Crippen molar-refractivity contribution in [1.29, 1.82) is 0 Å². The fraction of sp³-hybridized carbons (Fsp3) is 0.143. The lowest BCUT2D eigenvalue weighted by Gasteiger charge is -2.21. The molecule has 176 valence electrons. The van der Waals surface area contributed by atoms with Crippen LogP contribution in [0.5, 0.6) is 0 Å². The van der Waals surface area contributed by atoms with Crippen molar-refractivity contribution in [3.63, 3.8) is 0 Å². The van der Waals surface area contributed by atoms with Gasteiger partial charge in [0.05, 0.1) is 16.3 Å². The Hall–Kier alpha value is -4.10. The SMILES string of the molecule is Cc1ccc(C(=O)[C@@H](NC(=O)c2cccs2)Nc2ccc(N=Nc3ccccc3C)cc2C)cc1. The molecule has 1 aromatic heterocycles. The number of nitrogens with zero attached hydrogens (tertiary/aromatic N) is 2. The van der Waals surface area contributed by atoms with Crippen molar-refractivity contribution < 1.29 is 9.59 Å². The third kappa shape index (κ3) is 6.07. The van der Waals surface area contributed by atoms with Crippen LogP contribution in [0.4, 0.5) is 17.1 Å². The van der Waals surface area contributed by atoms with E-state index in [2.05, 4.69) is 20.9 Å². The molecule has 0 spiro atoms. The Morgan fingerprint density at radius 2 is 1.60 bits per heavy atom. The molecule has 35 heavy (non-hydrogen) atoms. The molecule has 0 radical (unpaired) electrons. The second kappa shape index (κ2) is 10.9. The predicted molar refractivity (Wildman–Crippen MR) is 141 cm³/mol. The maximum Gasteiger partial charge on any atom is 0.263 e. The summed E-state index contributed by atoms with van der Waals surface area (Å²) in [6.45, 7) is 5.87. The van der Waals surface area contributed by atoms with E-state index in [4.69, 9.17) is 0 Å². The summed E-state index contributed by atoms with van der Waals surface area (Å²) in [7, 11) is 0. The van der Waals surface area contributed by atoms with Crippen molar-refractivity contribution in [2.24, 2.45) is 10.2 Å². The smallest absolute Gasteiger partial charge is 0.263 e. The first-order valence-electron chi connectivity index (χ1n) is 11.2. The van der Waals surface area contributed by atoms with E-state index in [-0.39, 0.29) is 11.7 Å². The summed E-state index contributed by atoms with van der Waals surface area (Å²) in [5.41, 5.74) is 5.72. The van der Waals surface area contributed by atoms with Crippen LogP contribution in [0.25, 0.3) is 0 Å². The molecule has 0 saturated carbocycles. The summed E-state index contributed by atoms with van der Waals surface area (Å²) in [5, 5.41) is 16.6. The van der Waals surface area contributed by atoms with Gasteiger partial charge in [-0.15, -0.1) is 11.3 Å². The Kier molecular flexibility index (Phi) is 7.48. The number of hydrogen-bond donors (Lipinski definition) is 2. The van der Waals surface area contributed by atoms with Crippen LogP contribution in [0.1, 0.15) is 36.7 Å². The Bertz CT molecular complexity index is 1360. The molecular weight excluding hydrogens is 456 g/mol. The lowest BCUT2D eigenvalue weighted by atomic mass is 10.1. The molecule has 0 aliphatic rings. The lowest BCUT2D eigenvalue weighted by Crippen LogP contribution is -2.46. The highest BCUT2D eigenvalue weighted by Crippen LogP contribution is 2.26. The zero-order chi connectivity index (χ0) is 24.8. The van der Waals surface area contributed by atoms with Gasteiger partial charge in [0.2, 0.25) is 5.78 Å². The van der Waals surface area contributed by atoms with E-state index >= 15 is 0 Å². The van der Waals surface area contributed by atoms with E-state index in [9.17, 15) is 9.59 Å². The van der Waals surface area contributed by atoms with Gasteiger partial charge in [0, 0.05) is 11.3 Å². The number of ketones is 1. The molecule has 4 aromatic rings. The number of amides is 1. The standard InChI is InChI=1S/C28H26N4O2S/c1-18-10-12-21(13-11-18)26(33)27(30-28(34)25-9-6-16-35-25)29-23-15-14-22(17-20(23)3)31-32-24-8-5-4-7-19(24)2/h4-17,27,29H,1-3H3,(H,30,34)/t27-/m1/s1. The topological polar surface area (TPSA) is 82.9 Å². The quantitative estimate of drug-likeness (QED) is 0.159. The summed E-state index contributed by atoms with van der Waals surface area (Å²) in [5.74, 6) is -0.531. The number of benzene rings is 3. The minimum atomic E-state index is -0.939. The molecule has 6 nitrogen and oxygen atoms in total. The van der Waals surface area contributed by atoms with Crippen molar-refractivity contribution in [2.75, 3.05) is 5.32 Å².